The van der Waals surface area contributed by atoms with Gasteiger partial charge in [-0.2, -0.15) is 0 Å². The minimum atomic E-state index is 0.468. The van der Waals surface area contributed by atoms with Crippen LogP contribution in [-0.4, -0.2) is 6.54 Å². The molecule has 1 unspecified atom stereocenters. The highest BCUT2D eigenvalue weighted by molar-refractivity contribution is 5.26. The molecule has 1 nitrogen and oxygen atoms in total. The van der Waals surface area contributed by atoms with E-state index in [1.54, 1.807) is 0 Å². The molecular formula is C17H27N. The largest absolute Gasteiger partial charge is 0.310 e. The SMILES string of the molecule is CCC1(CNC(C)c2ccc(C(C)C)cc2)CC1. The molecule has 1 aliphatic rings. The zero-order valence-electron chi connectivity index (χ0n) is 12.3. The van der Waals surface area contributed by atoms with E-state index in [0.717, 1.165) is 0 Å². The van der Waals surface area contributed by atoms with E-state index in [4.69, 9.17) is 0 Å². The number of rotatable bonds is 6. The Bertz CT molecular complexity index is 373. The van der Waals surface area contributed by atoms with Crippen LogP contribution in [0.2, 0.25) is 0 Å². The van der Waals surface area contributed by atoms with Gasteiger partial charge in [0.1, 0.15) is 0 Å². The predicted molar refractivity (Wildman–Crippen MR) is 78.9 cm³/mol. The molecule has 0 amide bonds. The van der Waals surface area contributed by atoms with E-state index in [-0.39, 0.29) is 0 Å². The number of benzene rings is 1. The van der Waals surface area contributed by atoms with E-state index in [0.29, 0.717) is 17.4 Å². The second-order valence-corrected chi connectivity index (χ2v) is 6.28. The summed E-state index contributed by atoms with van der Waals surface area (Å²) in [4.78, 5) is 0. The van der Waals surface area contributed by atoms with E-state index < -0.39 is 0 Å². The normalized spacial score (nSPS) is 18.9. The highest BCUT2D eigenvalue weighted by Crippen LogP contribution is 2.48. The molecule has 100 valence electrons. The Kier molecular flexibility index (Phi) is 4.11. The summed E-state index contributed by atoms with van der Waals surface area (Å²) in [6.45, 7) is 10.3. The van der Waals surface area contributed by atoms with Crippen LogP contribution in [0.4, 0.5) is 0 Å². The molecule has 1 N–H and O–H groups in total. The summed E-state index contributed by atoms with van der Waals surface area (Å²) in [5.74, 6) is 0.622. The standard InChI is InChI=1S/C17H27N/c1-5-17(10-11-17)12-18-14(4)16-8-6-15(7-9-16)13(2)3/h6-9,13-14,18H,5,10-12H2,1-4H3. The van der Waals surface area contributed by atoms with Gasteiger partial charge in [0.2, 0.25) is 0 Å². The van der Waals surface area contributed by atoms with E-state index >= 15 is 0 Å². The molecule has 1 aromatic carbocycles. The number of hydrogen-bond donors (Lipinski definition) is 1. The maximum absolute atomic E-state index is 3.70. The van der Waals surface area contributed by atoms with Crippen molar-refractivity contribution in [1.82, 2.24) is 5.32 Å². The average molecular weight is 245 g/mol. The molecule has 0 heterocycles. The number of hydrogen-bond acceptors (Lipinski definition) is 1. The molecule has 1 fully saturated rings. The second-order valence-electron chi connectivity index (χ2n) is 6.28. The van der Waals surface area contributed by atoms with E-state index in [1.807, 2.05) is 0 Å². The van der Waals surface area contributed by atoms with Crippen LogP contribution in [0.25, 0.3) is 0 Å². The molecule has 2 rings (SSSR count). The first-order chi connectivity index (χ1) is 8.56. The van der Waals surface area contributed by atoms with Crippen molar-refractivity contribution in [2.45, 2.75) is 58.9 Å². The minimum Gasteiger partial charge on any atom is -0.310 e. The Morgan fingerprint density at radius 1 is 1.06 bits per heavy atom. The van der Waals surface area contributed by atoms with Crippen LogP contribution in [0, 0.1) is 5.41 Å². The van der Waals surface area contributed by atoms with E-state index in [2.05, 4.69) is 57.3 Å². The lowest BCUT2D eigenvalue weighted by Crippen LogP contribution is -2.26. The van der Waals surface area contributed by atoms with Gasteiger partial charge < -0.3 is 5.32 Å². The molecule has 0 spiro atoms. The van der Waals surface area contributed by atoms with Crippen molar-refractivity contribution in [3.05, 3.63) is 35.4 Å². The Morgan fingerprint density at radius 3 is 2.06 bits per heavy atom. The Balaban J connectivity index is 1.90. The molecule has 1 heteroatoms. The first-order valence-electron chi connectivity index (χ1n) is 7.39. The van der Waals surface area contributed by atoms with E-state index in [9.17, 15) is 0 Å². The van der Waals surface area contributed by atoms with Gasteiger partial charge in [-0.05, 0) is 48.6 Å². The average Bonchev–Trinajstić information content (AvgIpc) is 3.17. The van der Waals surface area contributed by atoms with Crippen molar-refractivity contribution in [2.75, 3.05) is 6.54 Å². The van der Waals surface area contributed by atoms with Crippen LogP contribution in [0.1, 0.15) is 70.0 Å². The molecule has 0 radical (unpaired) electrons. The molecule has 0 aliphatic heterocycles. The topological polar surface area (TPSA) is 12.0 Å². The first-order valence-corrected chi connectivity index (χ1v) is 7.39. The van der Waals surface area contributed by atoms with Gasteiger partial charge in [-0.25, -0.2) is 0 Å². The van der Waals surface area contributed by atoms with Gasteiger partial charge in [0.05, 0.1) is 0 Å². The highest BCUT2D eigenvalue weighted by atomic mass is 14.9. The highest BCUT2D eigenvalue weighted by Gasteiger charge is 2.40. The molecule has 1 atom stereocenters. The summed E-state index contributed by atoms with van der Waals surface area (Å²) in [5, 5.41) is 3.70. The van der Waals surface area contributed by atoms with Crippen molar-refractivity contribution in [1.29, 1.82) is 0 Å². The summed E-state index contributed by atoms with van der Waals surface area (Å²) in [5.41, 5.74) is 3.47. The Hall–Kier alpha value is -0.820. The van der Waals surface area contributed by atoms with Crippen LogP contribution < -0.4 is 5.32 Å². The second kappa shape index (κ2) is 5.44. The van der Waals surface area contributed by atoms with Gasteiger partial charge >= 0.3 is 0 Å². The molecular weight excluding hydrogens is 218 g/mol. The van der Waals surface area contributed by atoms with Crippen molar-refractivity contribution < 1.29 is 0 Å². The van der Waals surface area contributed by atoms with Gasteiger partial charge in [0.15, 0.2) is 0 Å². The quantitative estimate of drug-likeness (QED) is 0.769. The van der Waals surface area contributed by atoms with Gasteiger partial charge in [0, 0.05) is 12.6 Å². The van der Waals surface area contributed by atoms with Crippen molar-refractivity contribution in [3.8, 4) is 0 Å². The summed E-state index contributed by atoms with van der Waals surface area (Å²) < 4.78 is 0. The van der Waals surface area contributed by atoms with Gasteiger partial charge in [-0.1, -0.05) is 45.0 Å². The van der Waals surface area contributed by atoms with E-state index in [1.165, 1.54) is 36.9 Å². The van der Waals surface area contributed by atoms with Gasteiger partial charge in [-0.15, -0.1) is 0 Å². The maximum Gasteiger partial charge on any atom is 0.0292 e. The lowest BCUT2D eigenvalue weighted by Gasteiger charge is -2.19. The zero-order chi connectivity index (χ0) is 13.2. The Morgan fingerprint density at radius 2 is 1.61 bits per heavy atom. The minimum absolute atomic E-state index is 0.468. The molecule has 0 saturated heterocycles. The maximum atomic E-state index is 3.70. The molecule has 1 saturated carbocycles. The van der Waals surface area contributed by atoms with Crippen molar-refractivity contribution in [3.63, 3.8) is 0 Å². The summed E-state index contributed by atoms with van der Waals surface area (Å²) >= 11 is 0. The van der Waals surface area contributed by atoms with Crippen molar-refractivity contribution >= 4 is 0 Å². The van der Waals surface area contributed by atoms with Gasteiger partial charge in [-0.3, -0.25) is 0 Å². The van der Waals surface area contributed by atoms with Crippen LogP contribution >= 0.6 is 0 Å². The van der Waals surface area contributed by atoms with Crippen molar-refractivity contribution in [2.24, 2.45) is 5.41 Å². The third-order valence-electron chi connectivity index (χ3n) is 4.59. The Labute approximate surface area is 112 Å². The first kappa shape index (κ1) is 13.6. The third kappa shape index (κ3) is 3.14. The summed E-state index contributed by atoms with van der Waals surface area (Å²) in [6, 6.07) is 9.56. The van der Waals surface area contributed by atoms with Crippen LogP contribution in [-0.2, 0) is 0 Å². The fraction of sp³-hybridized carbons (Fsp3) is 0.647. The molecule has 0 bridgehead atoms. The van der Waals surface area contributed by atoms with Gasteiger partial charge in [0.25, 0.3) is 0 Å². The molecule has 1 aliphatic carbocycles. The summed E-state index contributed by atoms with van der Waals surface area (Å²) in [7, 11) is 0. The van der Waals surface area contributed by atoms with Crippen LogP contribution in [0.5, 0.6) is 0 Å². The monoisotopic (exact) mass is 245 g/mol. The lowest BCUT2D eigenvalue weighted by atomic mass is 9.98. The lowest BCUT2D eigenvalue weighted by molar-refractivity contribution is 0.415. The fourth-order valence-corrected chi connectivity index (χ4v) is 2.49. The molecule has 1 aromatic rings. The predicted octanol–water partition coefficient (Wildman–Crippen LogP) is 4.65. The fourth-order valence-electron chi connectivity index (χ4n) is 2.49. The van der Waals surface area contributed by atoms with Crippen LogP contribution in [0.15, 0.2) is 24.3 Å². The summed E-state index contributed by atoms with van der Waals surface area (Å²) in [6.07, 6.45) is 4.14. The number of nitrogens with one attached hydrogen (secondary N) is 1. The third-order valence-corrected chi connectivity index (χ3v) is 4.59. The molecule has 18 heavy (non-hydrogen) atoms. The zero-order valence-corrected chi connectivity index (χ0v) is 12.3. The molecule has 0 aromatic heterocycles. The van der Waals surface area contributed by atoms with Crippen LogP contribution in [0.3, 0.4) is 0 Å². The smallest absolute Gasteiger partial charge is 0.0292 e.